The van der Waals surface area contributed by atoms with Crippen LogP contribution >= 0.6 is 0 Å². The van der Waals surface area contributed by atoms with Crippen LogP contribution in [0, 0.1) is 5.41 Å². The van der Waals surface area contributed by atoms with Gasteiger partial charge < -0.3 is 5.32 Å². The molecule has 1 unspecified atom stereocenters. The largest absolute Gasteiger partial charge is 0.313 e. The van der Waals surface area contributed by atoms with Gasteiger partial charge in [-0.05, 0) is 35.9 Å². The van der Waals surface area contributed by atoms with Gasteiger partial charge in [-0.15, -0.1) is 0 Å². The van der Waals surface area contributed by atoms with Crippen LogP contribution in [-0.4, -0.2) is 12.0 Å². The molecule has 2 aromatic rings. The highest BCUT2D eigenvalue weighted by atomic mass is 14.9. The Balaban J connectivity index is 2.59. The predicted molar refractivity (Wildman–Crippen MR) is 77.6 cm³/mol. The molecule has 0 saturated heterocycles. The molecule has 0 fully saturated rings. The minimum atomic E-state index is 0.228. The maximum Gasteiger partial charge on any atom is 0.0375 e. The van der Waals surface area contributed by atoms with Crippen LogP contribution in [0.1, 0.15) is 38.8 Å². The minimum Gasteiger partial charge on any atom is -0.313 e. The third-order valence-corrected chi connectivity index (χ3v) is 4.01. The number of hydrogen-bond donors (Lipinski definition) is 1. The van der Waals surface area contributed by atoms with E-state index in [0.29, 0.717) is 6.04 Å². The van der Waals surface area contributed by atoms with Gasteiger partial charge in [-0.25, -0.2) is 0 Å². The second-order valence-corrected chi connectivity index (χ2v) is 5.51. The Bertz CT molecular complexity index is 526. The summed E-state index contributed by atoms with van der Waals surface area (Å²) in [5, 5.41) is 5.99. The Hall–Kier alpha value is -1.41. The lowest BCUT2D eigenvalue weighted by Crippen LogP contribution is -2.31. The van der Waals surface area contributed by atoms with Crippen LogP contribution in [0.15, 0.2) is 36.7 Å². The fourth-order valence-corrected chi connectivity index (χ4v) is 2.57. The summed E-state index contributed by atoms with van der Waals surface area (Å²) in [5.41, 5.74) is 1.59. The lowest BCUT2D eigenvalue weighted by atomic mass is 9.77. The van der Waals surface area contributed by atoms with Gasteiger partial charge in [0.2, 0.25) is 0 Å². The highest BCUT2D eigenvalue weighted by Crippen LogP contribution is 2.38. The van der Waals surface area contributed by atoms with E-state index in [9.17, 15) is 0 Å². The number of benzene rings is 1. The van der Waals surface area contributed by atoms with Gasteiger partial charge in [-0.3, -0.25) is 4.98 Å². The van der Waals surface area contributed by atoms with Crippen LogP contribution in [0.5, 0.6) is 0 Å². The summed E-state index contributed by atoms with van der Waals surface area (Å²) in [7, 11) is 2.04. The third kappa shape index (κ3) is 2.25. The summed E-state index contributed by atoms with van der Waals surface area (Å²) >= 11 is 0. The molecule has 0 saturated carbocycles. The van der Waals surface area contributed by atoms with Gasteiger partial charge in [0, 0.05) is 23.8 Å². The van der Waals surface area contributed by atoms with Crippen molar-refractivity contribution in [3.63, 3.8) is 0 Å². The fraction of sp³-hybridized carbons (Fsp3) is 0.438. The van der Waals surface area contributed by atoms with E-state index in [1.54, 1.807) is 0 Å². The number of nitrogens with zero attached hydrogens (tertiary/aromatic N) is 1. The van der Waals surface area contributed by atoms with Gasteiger partial charge in [0.05, 0.1) is 0 Å². The average Bonchev–Trinajstić information content (AvgIpc) is 2.39. The summed E-state index contributed by atoms with van der Waals surface area (Å²) in [5.74, 6) is 0. The van der Waals surface area contributed by atoms with Crippen LogP contribution in [0.3, 0.4) is 0 Å². The quantitative estimate of drug-likeness (QED) is 0.878. The molecule has 1 aromatic heterocycles. The highest BCUT2D eigenvalue weighted by Gasteiger charge is 2.28. The van der Waals surface area contributed by atoms with E-state index in [-0.39, 0.29) is 5.41 Å². The normalized spacial score (nSPS) is 13.8. The molecular weight excluding hydrogens is 220 g/mol. The number of fused-ring (bicyclic) bond motifs is 1. The summed E-state index contributed by atoms with van der Waals surface area (Å²) in [6.07, 6.45) is 4.95. The molecular formula is C16H22N2. The van der Waals surface area contributed by atoms with E-state index in [1.807, 2.05) is 19.4 Å². The molecule has 0 spiro atoms. The summed E-state index contributed by atoms with van der Waals surface area (Å²) in [6.45, 7) is 6.87. The van der Waals surface area contributed by atoms with Crippen molar-refractivity contribution in [3.8, 4) is 0 Å². The minimum absolute atomic E-state index is 0.228. The maximum absolute atomic E-state index is 4.20. The maximum atomic E-state index is 4.20. The zero-order valence-corrected chi connectivity index (χ0v) is 11.7. The molecule has 0 aliphatic rings. The van der Waals surface area contributed by atoms with Crippen molar-refractivity contribution < 1.29 is 0 Å². The molecule has 18 heavy (non-hydrogen) atoms. The van der Waals surface area contributed by atoms with Crippen LogP contribution in [0.25, 0.3) is 10.8 Å². The highest BCUT2D eigenvalue weighted by molar-refractivity contribution is 5.85. The number of nitrogens with one attached hydrogen (secondary N) is 1. The van der Waals surface area contributed by atoms with E-state index >= 15 is 0 Å². The van der Waals surface area contributed by atoms with Gasteiger partial charge in [-0.1, -0.05) is 39.0 Å². The fourth-order valence-electron chi connectivity index (χ4n) is 2.57. The molecule has 0 amide bonds. The lowest BCUT2D eigenvalue weighted by molar-refractivity contribution is 0.247. The standard InChI is InChI=1S/C16H22N2/c1-5-16(2,3)15(17-4)14-8-6-7-12-11-18-10-9-13(12)14/h6-11,15,17H,5H2,1-4H3. The summed E-state index contributed by atoms with van der Waals surface area (Å²) in [4.78, 5) is 4.20. The average molecular weight is 242 g/mol. The van der Waals surface area contributed by atoms with Crippen molar-refractivity contribution in [1.82, 2.24) is 10.3 Å². The lowest BCUT2D eigenvalue weighted by Gasteiger charge is -2.34. The van der Waals surface area contributed by atoms with Gasteiger partial charge in [0.1, 0.15) is 0 Å². The monoisotopic (exact) mass is 242 g/mol. The zero-order valence-electron chi connectivity index (χ0n) is 11.7. The van der Waals surface area contributed by atoms with Crippen molar-refractivity contribution in [1.29, 1.82) is 0 Å². The summed E-state index contributed by atoms with van der Waals surface area (Å²) < 4.78 is 0. The van der Waals surface area contributed by atoms with Crippen LogP contribution in [0.2, 0.25) is 0 Å². The van der Waals surface area contributed by atoms with Gasteiger partial charge >= 0.3 is 0 Å². The molecule has 1 aromatic carbocycles. The topological polar surface area (TPSA) is 24.9 Å². The zero-order chi connectivity index (χ0) is 13.2. The van der Waals surface area contributed by atoms with E-state index in [2.05, 4.69) is 55.3 Å². The van der Waals surface area contributed by atoms with E-state index in [1.165, 1.54) is 16.3 Å². The van der Waals surface area contributed by atoms with Crippen LogP contribution in [-0.2, 0) is 0 Å². The first-order valence-electron chi connectivity index (χ1n) is 6.60. The molecule has 2 heteroatoms. The molecule has 1 N–H and O–H groups in total. The van der Waals surface area contributed by atoms with Gasteiger partial charge in [0.15, 0.2) is 0 Å². The Kier molecular flexibility index (Phi) is 3.67. The van der Waals surface area contributed by atoms with Crippen molar-refractivity contribution in [2.45, 2.75) is 33.2 Å². The van der Waals surface area contributed by atoms with Crippen molar-refractivity contribution in [2.75, 3.05) is 7.05 Å². The first-order valence-corrected chi connectivity index (χ1v) is 6.60. The smallest absolute Gasteiger partial charge is 0.0375 e. The third-order valence-electron chi connectivity index (χ3n) is 4.01. The molecule has 1 atom stereocenters. The second kappa shape index (κ2) is 5.07. The first kappa shape index (κ1) is 13.0. The Morgan fingerprint density at radius 2 is 2.06 bits per heavy atom. The van der Waals surface area contributed by atoms with E-state index in [4.69, 9.17) is 0 Å². The molecule has 0 aliphatic carbocycles. The van der Waals surface area contributed by atoms with E-state index < -0.39 is 0 Å². The second-order valence-electron chi connectivity index (χ2n) is 5.51. The molecule has 0 bridgehead atoms. The number of aromatic nitrogens is 1. The Morgan fingerprint density at radius 3 is 2.72 bits per heavy atom. The van der Waals surface area contributed by atoms with Crippen molar-refractivity contribution >= 4 is 10.8 Å². The SMILES string of the molecule is CCC(C)(C)C(NC)c1cccc2cnccc12. The summed E-state index contributed by atoms with van der Waals surface area (Å²) in [6, 6.07) is 8.93. The van der Waals surface area contributed by atoms with Crippen LogP contribution < -0.4 is 5.32 Å². The molecule has 96 valence electrons. The molecule has 2 nitrogen and oxygen atoms in total. The molecule has 2 rings (SSSR count). The van der Waals surface area contributed by atoms with E-state index in [0.717, 1.165) is 6.42 Å². The molecule has 0 radical (unpaired) electrons. The number of hydrogen-bond acceptors (Lipinski definition) is 2. The van der Waals surface area contributed by atoms with Crippen molar-refractivity contribution in [3.05, 3.63) is 42.2 Å². The molecule has 0 aliphatic heterocycles. The Labute approximate surface area is 109 Å². The van der Waals surface area contributed by atoms with Gasteiger partial charge in [-0.2, -0.15) is 0 Å². The van der Waals surface area contributed by atoms with Gasteiger partial charge in [0.25, 0.3) is 0 Å². The van der Waals surface area contributed by atoms with Crippen molar-refractivity contribution in [2.24, 2.45) is 5.41 Å². The van der Waals surface area contributed by atoms with Crippen LogP contribution in [0.4, 0.5) is 0 Å². The predicted octanol–water partition coefficient (Wildman–Crippen LogP) is 3.93. The Morgan fingerprint density at radius 1 is 1.28 bits per heavy atom. The molecule has 1 heterocycles. The first-order chi connectivity index (χ1) is 8.60. The number of pyridine rings is 1. The number of rotatable bonds is 4.